The number of aromatic nitrogens is 1. The number of anilines is 2. The summed E-state index contributed by atoms with van der Waals surface area (Å²) in [7, 11) is -3.78. The van der Waals surface area contributed by atoms with Crippen molar-refractivity contribution < 1.29 is 8.42 Å². The molecule has 0 radical (unpaired) electrons. The van der Waals surface area contributed by atoms with E-state index < -0.39 is 10.0 Å². The maximum Gasteiger partial charge on any atom is 0.263 e. The standard InChI is InChI=1S/C12H11BrClN3O2S/c1-7-10(14)4-9(5-11(7)15)20(18,19)17-12-3-2-8(13)6-16-12/h2-6H,15H2,1H3,(H,16,17). The van der Waals surface area contributed by atoms with E-state index in [0.29, 0.717) is 16.3 Å². The van der Waals surface area contributed by atoms with Gasteiger partial charge in [-0.25, -0.2) is 13.4 Å². The zero-order valence-electron chi connectivity index (χ0n) is 10.4. The third-order valence-electron chi connectivity index (χ3n) is 2.63. The molecule has 0 aliphatic rings. The summed E-state index contributed by atoms with van der Waals surface area (Å²) in [4.78, 5) is 3.95. The van der Waals surface area contributed by atoms with Crippen LogP contribution in [0.3, 0.4) is 0 Å². The van der Waals surface area contributed by atoms with Crippen LogP contribution in [0.4, 0.5) is 11.5 Å². The molecule has 1 heterocycles. The van der Waals surface area contributed by atoms with Crippen molar-refractivity contribution in [3.63, 3.8) is 0 Å². The van der Waals surface area contributed by atoms with Crippen molar-refractivity contribution in [1.29, 1.82) is 0 Å². The van der Waals surface area contributed by atoms with Crippen molar-refractivity contribution in [1.82, 2.24) is 4.98 Å². The predicted octanol–water partition coefficient (Wildman–Crippen LogP) is 3.19. The third-order valence-corrected chi connectivity index (χ3v) is 4.83. The van der Waals surface area contributed by atoms with E-state index >= 15 is 0 Å². The van der Waals surface area contributed by atoms with E-state index in [-0.39, 0.29) is 10.7 Å². The van der Waals surface area contributed by atoms with Crippen molar-refractivity contribution in [3.8, 4) is 0 Å². The lowest BCUT2D eigenvalue weighted by Crippen LogP contribution is -2.14. The molecule has 2 aromatic rings. The van der Waals surface area contributed by atoms with Crippen LogP contribution in [0.2, 0.25) is 5.02 Å². The van der Waals surface area contributed by atoms with E-state index in [0.717, 1.165) is 4.47 Å². The molecule has 0 saturated heterocycles. The molecule has 0 saturated carbocycles. The Balaban J connectivity index is 2.38. The highest BCUT2D eigenvalue weighted by Crippen LogP contribution is 2.27. The Labute approximate surface area is 130 Å². The molecule has 0 spiro atoms. The van der Waals surface area contributed by atoms with Crippen LogP contribution >= 0.6 is 27.5 Å². The number of rotatable bonds is 3. The molecule has 20 heavy (non-hydrogen) atoms. The van der Waals surface area contributed by atoms with Crippen LogP contribution in [0.5, 0.6) is 0 Å². The van der Waals surface area contributed by atoms with Gasteiger partial charge in [-0.05, 0) is 52.7 Å². The molecule has 0 bridgehead atoms. The first-order valence-corrected chi connectivity index (χ1v) is 8.15. The van der Waals surface area contributed by atoms with E-state index in [9.17, 15) is 8.42 Å². The number of nitrogens with zero attached hydrogens (tertiary/aromatic N) is 1. The smallest absolute Gasteiger partial charge is 0.263 e. The highest BCUT2D eigenvalue weighted by atomic mass is 79.9. The van der Waals surface area contributed by atoms with Crippen molar-refractivity contribution in [3.05, 3.63) is 45.5 Å². The summed E-state index contributed by atoms with van der Waals surface area (Å²) >= 11 is 9.18. The lowest BCUT2D eigenvalue weighted by atomic mass is 10.2. The molecule has 2 rings (SSSR count). The zero-order chi connectivity index (χ0) is 14.9. The summed E-state index contributed by atoms with van der Waals surface area (Å²) in [5.41, 5.74) is 6.70. The first-order chi connectivity index (χ1) is 9.29. The molecule has 8 heteroatoms. The second kappa shape index (κ2) is 5.59. The van der Waals surface area contributed by atoms with Crippen molar-refractivity contribution in [2.75, 3.05) is 10.5 Å². The number of benzene rings is 1. The van der Waals surface area contributed by atoms with Crippen LogP contribution in [0.15, 0.2) is 39.8 Å². The topological polar surface area (TPSA) is 85.1 Å². The van der Waals surface area contributed by atoms with Crippen LogP contribution in [-0.2, 0) is 10.0 Å². The highest BCUT2D eigenvalue weighted by Gasteiger charge is 2.17. The Morgan fingerprint density at radius 3 is 2.60 bits per heavy atom. The lowest BCUT2D eigenvalue weighted by Gasteiger charge is -2.10. The fourth-order valence-electron chi connectivity index (χ4n) is 1.46. The van der Waals surface area contributed by atoms with Crippen LogP contribution in [0, 0.1) is 6.92 Å². The maximum absolute atomic E-state index is 12.2. The summed E-state index contributed by atoms with van der Waals surface area (Å²) in [6, 6.07) is 5.94. The fraction of sp³-hybridized carbons (Fsp3) is 0.0833. The molecular weight excluding hydrogens is 366 g/mol. The predicted molar refractivity (Wildman–Crippen MR) is 83.3 cm³/mol. The minimum Gasteiger partial charge on any atom is -0.398 e. The van der Waals surface area contributed by atoms with Gasteiger partial charge in [-0.15, -0.1) is 0 Å². The Morgan fingerprint density at radius 2 is 2.05 bits per heavy atom. The van der Waals surface area contributed by atoms with Crippen molar-refractivity contribution in [2.45, 2.75) is 11.8 Å². The second-order valence-corrected chi connectivity index (χ2v) is 7.09. The molecule has 0 aliphatic carbocycles. The summed E-state index contributed by atoms with van der Waals surface area (Å²) in [6.45, 7) is 1.72. The summed E-state index contributed by atoms with van der Waals surface area (Å²) in [5, 5.41) is 0.300. The molecule has 0 unspecified atom stereocenters. The average molecular weight is 377 g/mol. The number of hydrogen-bond acceptors (Lipinski definition) is 4. The van der Waals surface area contributed by atoms with E-state index in [1.54, 1.807) is 19.1 Å². The Kier molecular flexibility index (Phi) is 4.22. The quantitative estimate of drug-likeness (QED) is 0.806. The summed E-state index contributed by atoms with van der Waals surface area (Å²) in [5.74, 6) is 0.212. The molecule has 0 aliphatic heterocycles. The molecule has 3 N–H and O–H groups in total. The lowest BCUT2D eigenvalue weighted by molar-refractivity contribution is 0.601. The van der Waals surface area contributed by atoms with Gasteiger partial charge in [-0.2, -0.15) is 0 Å². The number of halogens is 2. The van der Waals surface area contributed by atoms with Gasteiger partial charge in [-0.3, -0.25) is 4.72 Å². The number of hydrogen-bond donors (Lipinski definition) is 2. The number of nitrogen functional groups attached to an aromatic ring is 1. The monoisotopic (exact) mass is 375 g/mol. The normalized spacial score (nSPS) is 11.3. The van der Waals surface area contributed by atoms with E-state index in [2.05, 4.69) is 25.6 Å². The molecular formula is C12H11BrClN3O2S. The largest absolute Gasteiger partial charge is 0.398 e. The van der Waals surface area contributed by atoms with Crippen LogP contribution < -0.4 is 10.5 Å². The van der Waals surface area contributed by atoms with Crippen LogP contribution in [-0.4, -0.2) is 13.4 Å². The Bertz CT molecular complexity index is 725. The summed E-state index contributed by atoms with van der Waals surface area (Å²) in [6.07, 6.45) is 1.49. The molecule has 0 atom stereocenters. The molecule has 1 aromatic heterocycles. The van der Waals surface area contributed by atoms with Gasteiger partial charge in [0.05, 0.1) is 4.90 Å². The zero-order valence-corrected chi connectivity index (χ0v) is 13.6. The third kappa shape index (κ3) is 3.23. The second-order valence-electron chi connectivity index (χ2n) is 4.09. The number of sulfonamides is 1. The molecule has 0 fully saturated rings. The fourth-order valence-corrected chi connectivity index (χ4v) is 3.06. The van der Waals surface area contributed by atoms with Gasteiger partial charge in [0.1, 0.15) is 5.82 Å². The minimum absolute atomic E-state index is 0.00433. The minimum atomic E-state index is -3.78. The van der Waals surface area contributed by atoms with E-state index in [4.69, 9.17) is 17.3 Å². The first kappa shape index (κ1) is 15.1. The van der Waals surface area contributed by atoms with Crippen LogP contribution in [0.25, 0.3) is 0 Å². The SMILES string of the molecule is Cc1c(N)cc(S(=O)(=O)Nc2ccc(Br)cn2)cc1Cl. The molecule has 106 valence electrons. The van der Waals surface area contributed by atoms with Gasteiger partial charge >= 0.3 is 0 Å². The van der Waals surface area contributed by atoms with Crippen molar-refractivity contribution >= 4 is 49.1 Å². The molecule has 5 nitrogen and oxygen atoms in total. The number of pyridine rings is 1. The number of nitrogens with two attached hydrogens (primary N) is 1. The Morgan fingerprint density at radius 1 is 1.35 bits per heavy atom. The highest BCUT2D eigenvalue weighted by molar-refractivity contribution is 9.10. The van der Waals surface area contributed by atoms with E-state index in [1.165, 1.54) is 18.3 Å². The van der Waals surface area contributed by atoms with Gasteiger partial charge in [-0.1, -0.05) is 11.6 Å². The average Bonchev–Trinajstić information content (AvgIpc) is 2.38. The van der Waals surface area contributed by atoms with Gasteiger partial charge in [0.2, 0.25) is 0 Å². The van der Waals surface area contributed by atoms with Crippen molar-refractivity contribution in [2.24, 2.45) is 0 Å². The van der Waals surface area contributed by atoms with Gasteiger partial charge < -0.3 is 5.73 Å². The van der Waals surface area contributed by atoms with E-state index in [1.807, 2.05) is 0 Å². The molecule has 0 amide bonds. The Hall–Kier alpha value is -1.31. The van der Waals surface area contributed by atoms with Gasteiger partial charge in [0, 0.05) is 21.4 Å². The molecule has 1 aromatic carbocycles. The van der Waals surface area contributed by atoms with Gasteiger partial charge in [0.25, 0.3) is 10.0 Å². The number of nitrogens with one attached hydrogen (secondary N) is 1. The first-order valence-electron chi connectivity index (χ1n) is 5.49. The maximum atomic E-state index is 12.2. The van der Waals surface area contributed by atoms with Crippen LogP contribution in [0.1, 0.15) is 5.56 Å². The van der Waals surface area contributed by atoms with Gasteiger partial charge in [0.15, 0.2) is 0 Å². The summed E-state index contributed by atoms with van der Waals surface area (Å²) < 4.78 is 27.6.